The van der Waals surface area contributed by atoms with Gasteiger partial charge in [0.15, 0.2) is 17.3 Å². The summed E-state index contributed by atoms with van der Waals surface area (Å²) in [6, 6.07) is 6.50. The van der Waals surface area contributed by atoms with Gasteiger partial charge in [-0.15, -0.1) is 0 Å². The maximum atomic E-state index is 16.4. The Morgan fingerprint density at radius 3 is 2.43 bits per heavy atom. The summed E-state index contributed by atoms with van der Waals surface area (Å²) in [5, 5.41) is 13.5. The molecule has 4 N–H and O–H groups in total. The summed E-state index contributed by atoms with van der Waals surface area (Å²) in [5.74, 6) is -7.36. The number of rotatable bonds is 17. The first kappa shape index (κ1) is 35.1. The monoisotopic (exact) mass is 644 g/mol. The first-order valence-electron chi connectivity index (χ1n) is 14.0. The molecule has 244 valence electrons. The highest BCUT2D eigenvalue weighted by Crippen LogP contribution is 2.47. The van der Waals surface area contributed by atoms with Crippen molar-refractivity contribution in [1.82, 2.24) is 24.6 Å². The number of hydrogen-bond donors (Lipinski definition) is 3. The number of nitrogens with two attached hydrogens (primary N) is 1. The van der Waals surface area contributed by atoms with Gasteiger partial charge in [0, 0.05) is 7.11 Å². The highest BCUT2D eigenvalue weighted by molar-refractivity contribution is 7.52. The summed E-state index contributed by atoms with van der Waals surface area (Å²) in [7, 11) is -3.76. The van der Waals surface area contributed by atoms with Crippen molar-refractivity contribution in [3.63, 3.8) is 0 Å². The maximum absolute atomic E-state index is 16.4. The summed E-state index contributed by atoms with van der Waals surface area (Å²) in [6.45, 7) is 6.45. The van der Waals surface area contributed by atoms with Gasteiger partial charge in [-0.1, -0.05) is 32.0 Å². The summed E-state index contributed by atoms with van der Waals surface area (Å²) >= 11 is 0. The molecule has 17 heteroatoms. The molecule has 0 spiro atoms. The number of benzene rings is 1. The van der Waals surface area contributed by atoms with E-state index in [1.54, 1.807) is 25.1 Å². The fourth-order valence-electron chi connectivity index (χ4n) is 4.12. The first-order chi connectivity index (χ1) is 20.7. The van der Waals surface area contributed by atoms with E-state index in [0.717, 1.165) is 24.9 Å². The second kappa shape index (κ2) is 14.6. The zero-order chi connectivity index (χ0) is 32.7. The lowest BCUT2D eigenvalue weighted by atomic mass is 10.0. The predicted octanol–water partition coefficient (Wildman–Crippen LogP) is 4.04. The molecule has 2 aromatic heterocycles. The van der Waals surface area contributed by atoms with Gasteiger partial charge >= 0.3 is 13.7 Å². The van der Waals surface area contributed by atoms with E-state index >= 15 is 8.78 Å². The average Bonchev–Trinajstić information content (AvgIpc) is 3.43. The van der Waals surface area contributed by atoms with Gasteiger partial charge < -0.3 is 29.6 Å². The summed E-state index contributed by atoms with van der Waals surface area (Å²) in [6.07, 6.45) is -0.944. The molecular formula is C27H39F2N6O8P. The molecule has 0 saturated carbocycles. The molecule has 0 aliphatic heterocycles. The van der Waals surface area contributed by atoms with Crippen molar-refractivity contribution in [3.05, 3.63) is 36.7 Å². The highest BCUT2D eigenvalue weighted by atomic mass is 31.2. The topological polar surface area (TPSA) is 182 Å². The van der Waals surface area contributed by atoms with Gasteiger partial charge in [0.2, 0.25) is 17.6 Å². The van der Waals surface area contributed by atoms with Gasteiger partial charge in [0.05, 0.1) is 12.9 Å². The molecule has 2 heterocycles. The molecule has 3 aromatic rings. The Hall–Kier alpha value is -3.43. The second-order valence-corrected chi connectivity index (χ2v) is 11.6. The van der Waals surface area contributed by atoms with E-state index < -0.39 is 44.1 Å². The smallest absolute Gasteiger partial charge is 0.459 e. The molecule has 3 rings (SSSR count). The maximum Gasteiger partial charge on any atom is 0.459 e. The third-order valence-electron chi connectivity index (χ3n) is 6.68. The lowest BCUT2D eigenvalue weighted by Gasteiger charge is -2.37. The molecule has 0 bridgehead atoms. The van der Waals surface area contributed by atoms with Crippen LogP contribution in [0, 0.1) is 0 Å². The van der Waals surface area contributed by atoms with Crippen LogP contribution in [-0.4, -0.2) is 75.0 Å². The van der Waals surface area contributed by atoms with E-state index in [9.17, 15) is 14.5 Å². The van der Waals surface area contributed by atoms with Crippen LogP contribution < -0.4 is 20.1 Å². The zero-order valence-corrected chi connectivity index (χ0v) is 26.3. The Morgan fingerprint density at radius 1 is 1.18 bits per heavy atom. The number of aliphatic hydroxyl groups excluding tert-OH is 1. The standard InChI is InChI=1S/C27H39F2N6O8P/c1-7-18(8-2)42-23(36)17(4)34-44(38,43-19-13-11-10-12-14-19)41-15-27(29,39-6)24(37)26(5,28)35-16-31-20-21(35)32-25(30)33-22(20)40-9-3/h10-14,16-18,24,37H,7-9,15H2,1-6H3,(H,34,38)(H2,30,32,33)/t17?,24-,26-,27+,44?/m0/s1. The minimum absolute atomic E-state index is 0.00877. The number of methoxy groups -OCH3 is 1. The Labute approximate surface area is 253 Å². The van der Waals surface area contributed by atoms with Crippen molar-refractivity contribution >= 4 is 30.8 Å². The third kappa shape index (κ3) is 7.99. The van der Waals surface area contributed by atoms with Gasteiger partial charge in [-0.25, -0.2) is 18.3 Å². The van der Waals surface area contributed by atoms with Crippen LogP contribution in [0.1, 0.15) is 47.5 Å². The number of ether oxygens (including phenoxy) is 3. The van der Waals surface area contributed by atoms with Crippen LogP contribution in [0.3, 0.4) is 0 Å². The van der Waals surface area contributed by atoms with E-state index in [0.29, 0.717) is 12.8 Å². The predicted molar refractivity (Wildman–Crippen MR) is 156 cm³/mol. The number of nitrogens with zero attached hydrogens (tertiary/aromatic N) is 4. The SMILES string of the molecule is CCOc1nc(N)nc2c1ncn2[C@](C)(F)[C@H](O)[C@@](F)(COP(=O)(NC(C)C(=O)OC(CC)CC)Oc1ccccc1)OC. The molecule has 1 aromatic carbocycles. The minimum atomic E-state index is -4.61. The average molecular weight is 645 g/mol. The second-order valence-electron chi connectivity index (χ2n) is 9.93. The summed E-state index contributed by atoms with van der Waals surface area (Å²) < 4.78 is 73.8. The van der Waals surface area contributed by atoms with Crippen LogP contribution >= 0.6 is 7.75 Å². The zero-order valence-electron chi connectivity index (χ0n) is 25.4. The van der Waals surface area contributed by atoms with Crippen molar-refractivity contribution < 1.29 is 46.5 Å². The number of aromatic nitrogens is 4. The number of aliphatic hydroxyl groups is 1. The minimum Gasteiger partial charge on any atom is -0.476 e. The molecule has 0 saturated heterocycles. The quantitative estimate of drug-likeness (QED) is 0.142. The number of carbonyl (C=O) groups excluding carboxylic acids is 1. The molecule has 0 aliphatic carbocycles. The van der Waals surface area contributed by atoms with Crippen molar-refractivity contribution in [2.45, 2.75) is 77.4 Å². The largest absolute Gasteiger partial charge is 0.476 e. The summed E-state index contributed by atoms with van der Waals surface area (Å²) in [4.78, 5) is 24.6. The number of carbonyl (C=O) groups is 1. The van der Waals surface area contributed by atoms with Gasteiger partial charge in [-0.3, -0.25) is 13.9 Å². The molecule has 0 aliphatic rings. The van der Waals surface area contributed by atoms with Gasteiger partial charge in [0.1, 0.15) is 24.5 Å². The summed E-state index contributed by atoms with van der Waals surface area (Å²) in [5.41, 5.74) is 5.55. The molecule has 0 radical (unpaired) electrons. The highest BCUT2D eigenvalue weighted by Gasteiger charge is 2.54. The number of fused-ring (bicyclic) bond motifs is 1. The Kier molecular flexibility index (Phi) is 11.6. The molecular weight excluding hydrogens is 605 g/mol. The van der Waals surface area contributed by atoms with Gasteiger partial charge in [-0.2, -0.15) is 15.1 Å². The molecule has 14 nitrogen and oxygen atoms in total. The number of nitrogen functional groups attached to an aromatic ring is 1. The first-order valence-corrected chi connectivity index (χ1v) is 15.5. The molecule has 2 unspecified atom stereocenters. The Balaban J connectivity index is 1.90. The van der Waals surface area contributed by atoms with Crippen molar-refractivity contribution in [3.8, 4) is 11.6 Å². The lowest BCUT2D eigenvalue weighted by Crippen LogP contribution is -2.55. The number of nitrogens with one attached hydrogen (secondary N) is 1. The van der Waals surface area contributed by atoms with E-state index in [-0.39, 0.29) is 41.5 Å². The number of esters is 1. The van der Waals surface area contributed by atoms with E-state index in [1.807, 2.05) is 13.8 Å². The van der Waals surface area contributed by atoms with Crippen molar-refractivity contribution in [2.75, 3.05) is 26.1 Å². The number of halogens is 2. The van der Waals surface area contributed by atoms with Crippen LogP contribution in [0.4, 0.5) is 14.7 Å². The number of para-hydroxylation sites is 1. The van der Waals surface area contributed by atoms with Gasteiger partial charge in [-0.05, 0) is 45.7 Å². The van der Waals surface area contributed by atoms with Gasteiger partial charge in [0.25, 0.3) is 5.85 Å². The Morgan fingerprint density at radius 2 is 1.84 bits per heavy atom. The number of hydrogen-bond acceptors (Lipinski definition) is 12. The fraction of sp³-hybridized carbons (Fsp3) is 0.556. The van der Waals surface area contributed by atoms with E-state index in [2.05, 4.69) is 20.0 Å². The molecule has 0 fully saturated rings. The third-order valence-corrected chi connectivity index (χ3v) is 8.30. The van der Waals surface area contributed by atoms with Crippen molar-refractivity contribution in [2.24, 2.45) is 0 Å². The molecule has 44 heavy (non-hydrogen) atoms. The van der Waals surface area contributed by atoms with Crippen molar-refractivity contribution in [1.29, 1.82) is 0 Å². The fourth-order valence-corrected chi connectivity index (χ4v) is 5.62. The van der Waals surface area contributed by atoms with Crippen LogP contribution in [-0.2, 0) is 29.1 Å². The van der Waals surface area contributed by atoms with Crippen LogP contribution in [0.25, 0.3) is 11.2 Å². The number of imidazole rings is 1. The van der Waals surface area contributed by atoms with E-state index in [1.165, 1.54) is 19.1 Å². The molecule has 5 atom stereocenters. The normalized spacial score (nSPS) is 17.3. The Bertz CT molecular complexity index is 1440. The van der Waals surface area contributed by atoms with Crippen LogP contribution in [0.2, 0.25) is 0 Å². The van der Waals surface area contributed by atoms with Crippen LogP contribution in [0.5, 0.6) is 11.6 Å². The number of anilines is 1. The lowest BCUT2D eigenvalue weighted by molar-refractivity contribution is -0.253. The van der Waals surface area contributed by atoms with E-state index in [4.69, 9.17) is 29.0 Å². The number of alkyl halides is 2. The van der Waals surface area contributed by atoms with Crippen LogP contribution in [0.15, 0.2) is 36.7 Å². The molecule has 0 amide bonds.